The normalized spacial score (nSPS) is 12.8. The molecule has 0 aromatic carbocycles. The number of carbonyl (C=O) groups is 2. The first-order valence-electron chi connectivity index (χ1n) is 5.49. The van der Waals surface area contributed by atoms with Crippen molar-refractivity contribution in [3.8, 4) is 12.1 Å². The molecule has 7 heteroatoms. The van der Waals surface area contributed by atoms with E-state index in [9.17, 15) is 9.59 Å². The van der Waals surface area contributed by atoms with Crippen molar-refractivity contribution in [2.45, 2.75) is 12.3 Å². The van der Waals surface area contributed by atoms with Gasteiger partial charge < -0.3 is 9.84 Å². The molecule has 1 aromatic rings. The van der Waals surface area contributed by atoms with Crippen LogP contribution in [-0.2, 0) is 14.9 Å². The Hall–Kier alpha value is -2.93. The van der Waals surface area contributed by atoms with Crippen LogP contribution in [0.1, 0.15) is 23.0 Å². The Morgan fingerprint density at radius 1 is 1.45 bits per heavy atom. The van der Waals surface area contributed by atoms with Gasteiger partial charge in [-0.05, 0) is 24.6 Å². The standard InChI is InChI=1S/C13H11N3O4/c1-13(12(19)20-2,9(6-14)7-15)8-3-4-16-10(5-8)11(17)18/h3-5,9H,1-2H3,(H,17,18). The van der Waals surface area contributed by atoms with Crippen LogP contribution in [0.5, 0.6) is 0 Å². The highest BCUT2D eigenvalue weighted by molar-refractivity contribution is 5.88. The average Bonchev–Trinajstić information content (AvgIpc) is 2.47. The predicted molar refractivity (Wildman–Crippen MR) is 65.3 cm³/mol. The third-order valence-corrected chi connectivity index (χ3v) is 3.02. The number of nitrogens with zero attached hydrogens (tertiary/aromatic N) is 3. The molecule has 1 aromatic heterocycles. The summed E-state index contributed by atoms with van der Waals surface area (Å²) in [4.78, 5) is 26.5. The summed E-state index contributed by atoms with van der Waals surface area (Å²) in [5.74, 6) is -3.39. The number of pyridine rings is 1. The lowest BCUT2D eigenvalue weighted by atomic mass is 9.73. The third kappa shape index (κ3) is 2.43. The number of hydrogen-bond donors (Lipinski definition) is 1. The van der Waals surface area contributed by atoms with E-state index in [4.69, 9.17) is 15.6 Å². The third-order valence-electron chi connectivity index (χ3n) is 3.02. The number of nitriles is 2. The number of carboxylic acid groups (broad SMARTS) is 1. The number of aromatic nitrogens is 1. The topological polar surface area (TPSA) is 124 Å². The first-order valence-corrected chi connectivity index (χ1v) is 5.49. The van der Waals surface area contributed by atoms with Crippen molar-refractivity contribution in [1.29, 1.82) is 10.5 Å². The molecule has 0 radical (unpaired) electrons. The first-order chi connectivity index (χ1) is 9.41. The lowest BCUT2D eigenvalue weighted by Gasteiger charge is -2.27. The molecule has 0 saturated carbocycles. The van der Waals surface area contributed by atoms with Crippen LogP contribution in [0.15, 0.2) is 18.3 Å². The molecular formula is C13H11N3O4. The minimum absolute atomic E-state index is 0.185. The van der Waals surface area contributed by atoms with Gasteiger partial charge in [-0.1, -0.05) is 0 Å². The van der Waals surface area contributed by atoms with Gasteiger partial charge in [-0.3, -0.25) is 4.79 Å². The van der Waals surface area contributed by atoms with Crippen molar-refractivity contribution in [3.05, 3.63) is 29.6 Å². The molecule has 0 aliphatic heterocycles. The first kappa shape index (κ1) is 15.1. The molecule has 1 unspecified atom stereocenters. The molecule has 1 N–H and O–H groups in total. The molecule has 20 heavy (non-hydrogen) atoms. The highest BCUT2D eigenvalue weighted by Gasteiger charge is 2.45. The minimum Gasteiger partial charge on any atom is -0.477 e. The highest BCUT2D eigenvalue weighted by atomic mass is 16.5. The average molecular weight is 273 g/mol. The Morgan fingerprint density at radius 2 is 2.05 bits per heavy atom. The van der Waals surface area contributed by atoms with Crippen LogP contribution in [-0.4, -0.2) is 29.1 Å². The van der Waals surface area contributed by atoms with Gasteiger partial charge in [-0.25, -0.2) is 9.78 Å². The van der Waals surface area contributed by atoms with E-state index < -0.39 is 23.3 Å². The van der Waals surface area contributed by atoms with E-state index in [1.165, 1.54) is 19.2 Å². The number of ether oxygens (including phenoxy) is 1. The maximum Gasteiger partial charge on any atom is 0.354 e. The second-order valence-electron chi connectivity index (χ2n) is 4.12. The Labute approximate surface area is 115 Å². The zero-order valence-corrected chi connectivity index (χ0v) is 10.8. The van der Waals surface area contributed by atoms with Crippen molar-refractivity contribution < 1.29 is 19.4 Å². The van der Waals surface area contributed by atoms with Gasteiger partial charge in [0.1, 0.15) is 11.1 Å². The Kier molecular flexibility index (Phi) is 4.39. The van der Waals surface area contributed by atoms with Gasteiger partial charge in [-0.2, -0.15) is 10.5 Å². The van der Waals surface area contributed by atoms with Gasteiger partial charge in [0.2, 0.25) is 0 Å². The van der Waals surface area contributed by atoms with Crippen molar-refractivity contribution in [2.75, 3.05) is 7.11 Å². The Morgan fingerprint density at radius 3 is 2.50 bits per heavy atom. The fraction of sp³-hybridized carbons (Fsp3) is 0.308. The maximum absolute atomic E-state index is 12.0. The molecule has 0 fully saturated rings. The van der Waals surface area contributed by atoms with Crippen molar-refractivity contribution in [2.24, 2.45) is 5.92 Å². The molecule has 1 atom stereocenters. The summed E-state index contributed by atoms with van der Waals surface area (Å²) in [5, 5.41) is 27.0. The summed E-state index contributed by atoms with van der Waals surface area (Å²) in [7, 11) is 1.13. The van der Waals surface area contributed by atoms with E-state index in [-0.39, 0.29) is 11.3 Å². The fourth-order valence-corrected chi connectivity index (χ4v) is 1.77. The summed E-state index contributed by atoms with van der Waals surface area (Å²) in [5.41, 5.74) is -1.69. The molecule has 0 amide bonds. The monoisotopic (exact) mass is 273 g/mol. The van der Waals surface area contributed by atoms with E-state index in [1.54, 1.807) is 12.1 Å². The Bertz CT molecular complexity index is 615. The van der Waals surface area contributed by atoms with Crippen LogP contribution in [0.2, 0.25) is 0 Å². The zero-order valence-electron chi connectivity index (χ0n) is 10.8. The van der Waals surface area contributed by atoms with Crippen LogP contribution >= 0.6 is 0 Å². The van der Waals surface area contributed by atoms with Crippen LogP contribution < -0.4 is 0 Å². The highest BCUT2D eigenvalue weighted by Crippen LogP contribution is 2.33. The summed E-state index contributed by atoms with van der Waals surface area (Å²) >= 11 is 0. The van der Waals surface area contributed by atoms with E-state index >= 15 is 0 Å². The molecule has 0 spiro atoms. The summed E-state index contributed by atoms with van der Waals surface area (Å²) in [6, 6.07) is 5.98. The maximum atomic E-state index is 12.0. The lowest BCUT2D eigenvalue weighted by molar-refractivity contribution is -0.147. The molecule has 1 heterocycles. The number of hydrogen-bond acceptors (Lipinski definition) is 6. The van der Waals surface area contributed by atoms with Crippen LogP contribution in [0, 0.1) is 28.6 Å². The van der Waals surface area contributed by atoms with Crippen molar-refractivity contribution in [3.63, 3.8) is 0 Å². The van der Waals surface area contributed by atoms with Gasteiger partial charge in [0.25, 0.3) is 0 Å². The van der Waals surface area contributed by atoms with E-state index in [2.05, 4.69) is 9.72 Å². The van der Waals surface area contributed by atoms with E-state index in [1.807, 2.05) is 0 Å². The van der Waals surface area contributed by atoms with E-state index in [0.29, 0.717) is 0 Å². The lowest BCUT2D eigenvalue weighted by Crippen LogP contribution is -2.40. The number of rotatable bonds is 4. The molecule has 102 valence electrons. The van der Waals surface area contributed by atoms with Gasteiger partial charge in [0.05, 0.1) is 19.2 Å². The molecule has 0 aliphatic carbocycles. The molecule has 0 aliphatic rings. The van der Waals surface area contributed by atoms with Crippen molar-refractivity contribution in [1.82, 2.24) is 4.98 Å². The number of carboxylic acids is 1. The summed E-state index contributed by atoms with van der Waals surface area (Å²) in [6.07, 6.45) is 1.20. The summed E-state index contributed by atoms with van der Waals surface area (Å²) < 4.78 is 4.65. The number of carbonyl (C=O) groups excluding carboxylic acids is 1. The molecule has 1 rings (SSSR count). The largest absolute Gasteiger partial charge is 0.477 e. The second-order valence-corrected chi connectivity index (χ2v) is 4.12. The molecule has 0 saturated heterocycles. The summed E-state index contributed by atoms with van der Waals surface area (Å²) in [6.45, 7) is 1.36. The Balaban J connectivity index is 3.51. The molecular weight excluding hydrogens is 262 g/mol. The predicted octanol–water partition coefficient (Wildman–Crippen LogP) is 0.874. The molecule has 7 nitrogen and oxygen atoms in total. The van der Waals surface area contributed by atoms with Gasteiger partial charge in [0.15, 0.2) is 5.92 Å². The minimum atomic E-state index is -1.59. The number of esters is 1. The molecule has 0 bridgehead atoms. The SMILES string of the molecule is COC(=O)C(C)(c1ccnc(C(=O)O)c1)C(C#N)C#N. The smallest absolute Gasteiger partial charge is 0.354 e. The van der Waals surface area contributed by atoms with Crippen molar-refractivity contribution >= 4 is 11.9 Å². The fourth-order valence-electron chi connectivity index (χ4n) is 1.77. The second kappa shape index (κ2) is 5.81. The van der Waals surface area contributed by atoms with Crippen LogP contribution in [0.4, 0.5) is 0 Å². The van der Waals surface area contributed by atoms with E-state index in [0.717, 1.165) is 13.2 Å². The van der Waals surface area contributed by atoms with Gasteiger partial charge >= 0.3 is 11.9 Å². The quantitative estimate of drug-likeness (QED) is 0.807. The van der Waals surface area contributed by atoms with Crippen LogP contribution in [0.3, 0.4) is 0 Å². The zero-order chi connectivity index (χ0) is 15.3. The number of methoxy groups -OCH3 is 1. The number of aromatic carboxylic acids is 1. The van der Waals surface area contributed by atoms with Gasteiger partial charge in [0, 0.05) is 6.20 Å². The van der Waals surface area contributed by atoms with Gasteiger partial charge in [-0.15, -0.1) is 0 Å². The van der Waals surface area contributed by atoms with Crippen LogP contribution in [0.25, 0.3) is 0 Å².